The standard InChI is InChI=1S/C30H40O7Si/c1-7-35-21-26-27(36-22-33-5)18-23(19-30(26,32)28(31)34-6)20-37-38(29(2,3)4,24-14-10-8-11-15-24)25-16-12-9-13-17-25/h7-18,26-27,32H,1,19-22H2,2-6H3/t26-,27+,30+/m1/s1. The Morgan fingerprint density at radius 1 is 1.08 bits per heavy atom. The maximum absolute atomic E-state index is 12.9. The molecule has 7 nitrogen and oxygen atoms in total. The molecule has 3 atom stereocenters. The van der Waals surface area contributed by atoms with Gasteiger partial charge in [-0.15, -0.1) is 0 Å². The Morgan fingerprint density at radius 2 is 1.66 bits per heavy atom. The minimum absolute atomic E-state index is 0.0167. The van der Waals surface area contributed by atoms with Crippen molar-refractivity contribution in [2.24, 2.45) is 5.92 Å². The molecule has 2 aromatic rings. The Kier molecular flexibility index (Phi) is 10.1. The van der Waals surface area contributed by atoms with Crippen LogP contribution in [0.15, 0.2) is 85.2 Å². The first kappa shape index (κ1) is 29.8. The summed E-state index contributed by atoms with van der Waals surface area (Å²) in [7, 11) is -0.0699. The Balaban J connectivity index is 2.07. The van der Waals surface area contributed by atoms with Gasteiger partial charge in [0.05, 0.1) is 38.6 Å². The molecule has 0 fully saturated rings. The van der Waals surface area contributed by atoms with Crippen LogP contribution in [0.5, 0.6) is 0 Å². The van der Waals surface area contributed by atoms with Crippen molar-refractivity contribution >= 4 is 24.7 Å². The average molecular weight is 541 g/mol. The highest BCUT2D eigenvalue weighted by molar-refractivity contribution is 6.99. The molecule has 8 heteroatoms. The fourth-order valence-corrected chi connectivity index (χ4v) is 9.89. The quantitative estimate of drug-likeness (QED) is 0.145. The van der Waals surface area contributed by atoms with E-state index in [4.69, 9.17) is 23.4 Å². The van der Waals surface area contributed by atoms with Crippen LogP contribution in [0.2, 0.25) is 5.04 Å². The van der Waals surface area contributed by atoms with Gasteiger partial charge in [0.15, 0.2) is 5.60 Å². The van der Waals surface area contributed by atoms with E-state index >= 15 is 0 Å². The van der Waals surface area contributed by atoms with Crippen molar-refractivity contribution < 1.29 is 33.3 Å². The van der Waals surface area contributed by atoms with E-state index in [9.17, 15) is 9.90 Å². The summed E-state index contributed by atoms with van der Waals surface area (Å²) in [6.07, 6.45) is 2.53. The van der Waals surface area contributed by atoms with Crippen LogP contribution in [-0.2, 0) is 28.2 Å². The Bertz CT molecular complexity index is 1040. The van der Waals surface area contributed by atoms with Gasteiger partial charge in [-0.1, -0.05) is 94.1 Å². The van der Waals surface area contributed by atoms with Crippen molar-refractivity contribution in [1.82, 2.24) is 0 Å². The highest BCUT2D eigenvalue weighted by Gasteiger charge is 2.54. The molecule has 0 spiro atoms. The molecule has 0 saturated heterocycles. The predicted octanol–water partition coefficient (Wildman–Crippen LogP) is 3.56. The van der Waals surface area contributed by atoms with Crippen molar-refractivity contribution in [1.29, 1.82) is 0 Å². The van der Waals surface area contributed by atoms with Crippen molar-refractivity contribution in [2.45, 2.75) is 43.9 Å². The second kappa shape index (κ2) is 12.9. The number of ether oxygens (including phenoxy) is 4. The number of rotatable bonds is 12. The van der Waals surface area contributed by atoms with Crippen LogP contribution < -0.4 is 10.4 Å². The van der Waals surface area contributed by atoms with Gasteiger partial charge in [-0.05, 0) is 21.0 Å². The van der Waals surface area contributed by atoms with Crippen LogP contribution in [0, 0.1) is 5.92 Å². The normalized spacial score (nSPS) is 21.9. The Labute approximate surface area is 227 Å². The molecule has 1 aliphatic carbocycles. The van der Waals surface area contributed by atoms with Crippen LogP contribution in [-0.4, -0.2) is 65.3 Å². The molecule has 0 radical (unpaired) electrons. The van der Waals surface area contributed by atoms with Gasteiger partial charge in [-0.2, -0.15) is 0 Å². The van der Waals surface area contributed by atoms with Crippen LogP contribution in [0.3, 0.4) is 0 Å². The maximum Gasteiger partial charge on any atom is 0.338 e. The van der Waals surface area contributed by atoms with Crippen LogP contribution in [0.25, 0.3) is 0 Å². The maximum atomic E-state index is 12.9. The lowest BCUT2D eigenvalue weighted by molar-refractivity contribution is -0.185. The van der Waals surface area contributed by atoms with Crippen LogP contribution in [0.1, 0.15) is 27.2 Å². The summed E-state index contributed by atoms with van der Waals surface area (Å²) in [6, 6.07) is 20.6. The van der Waals surface area contributed by atoms with Gasteiger partial charge < -0.3 is 28.5 Å². The van der Waals surface area contributed by atoms with Crippen molar-refractivity contribution in [3.63, 3.8) is 0 Å². The van der Waals surface area contributed by atoms with E-state index in [2.05, 4.69) is 51.6 Å². The number of hydrogen-bond acceptors (Lipinski definition) is 7. The second-order valence-electron chi connectivity index (χ2n) is 10.5. The molecule has 1 aliphatic rings. The third-order valence-electron chi connectivity index (χ3n) is 7.11. The molecule has 0 saturated carbocycles. The lowest BCUT2D eigenvalue weighted by Crippen LogP contribution is -2.66. The van der Waals surface area contributed by atoms with Crippen LogP contribution >= 0.6 is 0 Å². The highest BCUT2D eigenvalue weighted by atomic mass is 28.4. The molecule has 3 rings (SSSR count). The SMILES string of the molecule is C=COC[C@@H]1[C@@H](OCOC)C=C(CO[Si](c2ccccc2)(c2ccccc2)C(C)(C)C)C[C@@]1(O)C(=O)OC. The molecule has 0 unspecified atom stereocenters. The molecule has 1 N–H and O–H groups in total. The molecule has 0 bridgehead atoms. The van der Waals surface area contributed by atoms with E-state index < -0.39 is 31.9 Å². The Morgan fingerprint density at radius 3 is 2.13 bits per heavy atom. The van der Waals surface area contributed by atoms with Gasteiger partial charge in [0.2, 0.25) is 0 Å². The smallest absolute Gasteiger partial charge is 0.338 e. The number of carbonyl (C=O) groups is 1. The van der Waals surface area contributed by atoms with E-state index in [0.29, 0.717) is 0 Å². The molecular formula is C30H40O7Si. The van der Waals surface area contributed by atoms with E-state index in [1.165, 1.54) is 20.5 Å². The first-order chi connectivity index (χ1) is 18.1. The monoisotopic (exact) mass is 540 g/mol. The third kappa shape index (κ3) is 6.11. The second-order valence-corrected chi connectivity index (χ2v) is 14.8. The summed E-state index contributed by atoms with van der Waals surface area (Å²) in [5.41, 5.74) is -1.14. The first-order valence-electron chi connectivity index (χ1n) is 12.7. The fourth-order valence-electron chi connectivity index (χ4n) is 5.33. The van der Waals surface area contributed by atoms with Crippen LogP contribution in [0.4, 0.5) is 0 Å². The van der Waals surface area contributed by atoms with Gasteiger partial charge in [-0.25, -0.2) is 4.79 Å². The lowest BCUT2D eigenvalue weighted by Gasteiger charge is -2.45. The van der Waals surface area contributed by atoms with E-state index in [0.717, 1.165) is 15.9 Å². The van der Waals surface area contributed by atoms with Gasteiger partial charge in [-0.3, -0.25) is 0 Å². The summed E-state index contributed by atoms with van der Waals surface area (Å²) in [6.45, 7) is 10.4. The largest absolute Gasteiger partial charge is 0.501 e. The van der Waals surface area contributed by atoms with Crippen molar-refractivity contribution in [2.75, 3.05) is 34.2 Å². The van der Waals surface area contributed by atoms with E-state index in [1.54, 1.807) is 0 Å². The summed E-state index contributed by atoms with van der Waals surface area (Å²) >= 11 is 0. The third-order valence-corrected chi connectivity index (χ3v) is 12.1. The number of carbonyl (C=O) groups excluding carboxylic acids is 1. The number of benzene rings is 2. The molecule has 0 aliphatic heterocycles. The zero-order valence-electron chi connectivity index (χ0n) is 23.0. The van der Waals surface area contributed by atoms with E-state index in [1.807, 2.05) is 42.5 Å². The van der Waals surface area contributed by atoms with Crippen molar-refractivity contribution in [3.8, 4) is 0 Å². The highest BCUT2D eigenvalue weighted by Crippen LogP contribution is 2.40. The minimum atomic E-state index is -2.84. The summed E-state index contributed by atoms with van der Waals surface area (Å²) < 4.78 is 28.5. The van der Waals surface area contributed by atoms with E-state index in [-0.39, 0.29) is 31.5 Å². The predicted molar refractivity (Wildman–Crippen MR) is 150 cm³/mol. The molecule has 0 aromatic heterocycles. The molecule has 38 heavy (non-hydrogen) atoms. The minimum Gasteiger partial charge on any atom is -0.501 e. The van der Waals surface area contributed by atoms with Gasteiger partial charge >= 0.3 is 5.97 Å². The lowest BCUT2D eigenvalue weighted by atomic mass is 9.74. The topological polar surface area (TPSA) is 83.5 Å². The zero-order chi connectivity index (χ0) is 27.8. The fraction of sp³-hybridized carbons (Fsp3) is 0.433. The molecular weight excluding hydrogens is 500 g/mol. The molecule has 0 amide bonds. The van der Waals surface area contributed by atoms with Gasteiger partial charge in [0.1, 0.15) is 6.79 Å². The average Bonchev–Trinajstić information content (AvgIpc) is 2.91. The number of methoxy groups -OCH3 is 2. The zero-order valence-corrected chi connectivity index (χ0v) is 24.0. The first-order valence-corrected chi connectivity index (χ1v) is 14.6. The summed E-state index contributed by atoms with van der Waals surface area (Å²) in [5.74, 6) is -1.49. The Hall–Kier alpha value is -2.75. The van der Waals surface area contributed by atoms with Crippen molar-refractivity contribution in [3.05, 3.63) is 85.2 Å². The number of esters is 1. The molecule has 0 heterocycles. The number of hydrogen-bond donors (Lipinski definition) is 1. The number of aliphatic hydroxyl groups is 1. The molecule has 2 aromatic carbocycles. The summed E-state index contributed by atoms with van der Waals surface area (Å²) in [4.78, 5) is 12.9. The van der Waals surface area contributed by atoms with Gasteiger partial charge in [0.25, 0.3) is 8.32 Å². The molecule has 206 valence electrons. The van der Waals surface area contributed by atoms with Gasteiger partial charge in [0, 0.05) is 13.5 Å². The summed E-state index contributed by atoms with van der Waals surface area (Å²) in [5, 5.41) is 13.8.